The van der Waals surface area contributed by atoms with E-state index in [1.165, 1.54) is 6.20 Å². The van der Waals surface area contributed by atoms with Gasteiger partial charge in [-0.2, -0.15) is 0 Å². The number of amides is 1. The van der Waals surface area contributed by atoms with Gasteiger partial charge in [0.15, 0.2) is 15.7 Å². The Hall–Kier alpha value is -1.41. The van der Waals surface area contributed by atoms with Crippen molar-refractivity contribution in [3.63, 3.8) is 0 Å². The zero-order valence-electron chi connectivity index (χ0n) is 9.38. The highest BCUT2D eigenvalue weighted by Crippen LogP contribution is 2.10. The van der Waals surface area contributed by atoms with Crippen molar-refractivity contribution in [2.45, 2.75) is 12.5 Å². The van der Waals surface area contributed by atoms with Crippen LogP contribution in [-0.2, 0) is 16.9 Å². The van der Waals surface area contributed by atoms with E-state index >= 15 is 0 Å². The minimum absolute atomic E-state index is 0.0633. The fourth-order valence-corrected chi connectivity index (χ4v) is 3.39. The van der Waals surface area contributed by atoms with E-state index in [0.717, 1.165) is 0 Å². The van der Waals surface area contributed by atoms with Gasteiger partial charge in [0.25, 0.3) is 0 Å². The number of carbonyl (C=O) groups is 1. The van der Waals surface area contributed by atoms with Gasteiger partial charge in [-0.05, 0) is 6.42 Å². The average Bonchev–Trinajstić information content (AvgIpc) is 2.81. The summed E-state index contributed by atoms with van der Waals surface area (Å²) in [6.45, 7) is 0. The van der Waals surface area contributed by atoms with Crippen molar-refractivity contribution in [2.24, 2.45) is 7.05 Å². The highest BCUT2D eigenvalue weighted by molar-refractivity contribution is 7.91. The van der Waals surface area contributed by atoms with Gasteiger partial charge in [0.1, 0.15) is 0 Å². The summed E-state index contributed by atoms with van der Waals surface area (Å²) in [5.41, 5.74) is 5.19. The van der Waals surface area contributed by atoms with Gasteiger partial charge in [-0.1, -0.05) is 0 Å². The molecule has 0 spiro atoms. The van der Waals surface area contributed by atoms with Crippen LogP contribution in [0.5, 0.6) is 0 Å². The molecule has 7 nitrogen and oxygen atoms in total. The van der Waals surface area contributed by atoms with E-state index in [9.17, 15) is 13.2 Å². The second kappa shape index (κ2) is 4.46. The zero-order valence-corrected chi connectivity index (χ0v) is 10.2. The molecule has 0 aromatic carbocycles. The molecule has 0 radical (unpaired) electrons. The Morgan fingerprint density at radius 3 is 2.88 bits per heavy atom. The zero-order chi connectivity index (χ0) is 12.5. The van der Waals surface area contributed by atoms with E-state index in [4.69, 9.17) is 0 Å². The van der Waals surface area contributed by atoms with Crippen LogP contribution in [0.4, 0.5) is 0 Å². The first kappa shape index (κ1) is 12.1. The fourth-order valence-electron chi connectivity index (χ4n) is 1.72. The molecular weight excluding hydrogens is 244 g/mol. The Labute approximate surface area is 99.1 Å². The molecule has 94 valence electrons. The van der Waals surface area contributed by atoms with Crippen LogP contribution in [0.15, 0.2) is 12.4 Å². The van der Waals surface area contributed by atoms with Crippen molar-refractivity contribution in [3.05, 3.63) is 18.2 Å². The van der Waals surface area contributed by atoms with Crippen LogP contribution in [0.2, 0.25) is 0 Å². The number of nitrogens with one attached hydrogen (secondary N) is 2. The van der Waals surface area contributed by atoms with Gasteiger partial charge < -0.3 is 4.57 Å². The molecule has 1 atom stereocenters. The number of carbonyl (C=O) groups excluding carboxylic acids is 1. The largest absolute Gasteiger partial charge is 0.330 e. The minimum Gasteiger partial charge on any atom is -0.330 e. The number of aromatic nitrogens is 2. The van der Waals surface area contributed by atoms with Gasteiger partial charge in [0.2, 0.25) is 0 Å². The number of hydrogen-bond acceptors (Lipinski definition) is 5. The molecule has 2 rings (SSSR count). The Morgan fingerprint density at radius 2 is 2.35 bits per heavy atom. The number of aryl methyl sites for hydroxylation is 1. The second-order valence-corrected chi connectivity index (χ2v) is 6.29. The number of rotatable bonds is 3. The predicted molar refractivity (Wildman–Crippen MR) is 60.9 cm³/mol. The summed E-state index contributed by atoms with van der Waals surface area (Å²) in [5.74, 6) is 0.136. The van der Waals surface area contributed by atoms with Crippen LogP contribution in [0.3, 0.4) is 0 Å². The molecule has 1 amide bonds. The van der Waals surface area contributed by atoms with E-state index in [1.54, 1.807) is 17.8 Å². The SMILES string of the molecule is Cn1ccnc1C(=O)NNC1CCS(=O)(=O)C1. The summed E-state index contributed by atoms with van der Waals surface area (Å²) in [4.78, 5) is 15.5. The lowest BCUT2D eigenvalue weighted by Crippen LogP contribution is -2.45. The maximum Gasteiger partial charge on any atom is 0.301 e. The van der Waals surface area contributed by atoms with E-state index < -0.39 is 9.84 Å². The molecule has 1 fully saturated rings. The maximum absolute atomic E-state index is 11.6. The number of hydrogen-bond donors (Lipinski definition) is 2. The second-order valence-electron chi connectivity index (χ2n) is 4.06. The van der Waals surface area contributed by atoms with Gasteiger partial charge in [0.05, 0.1) is 11.5 Å². The number of imidazole rings is 1. The molecule has 1 saturated heterocycles. The summed E-state index contributed by atoms with van der Waals surface area (Å²) in [6.07, 6.45) is 3.70. The summed E-state index contributed by atoms with van der Waals surface area (Å²) in [7, 11) is -1.23. The minimum atomic E-state index is -2.94. The van der Waals surface area contributed by atoms with Crippen LogP contribution in [-0.4, -0.2) is 41.4 Å². The number of hydrazine groups is 1. The van der Waals surface area contributed by atoms with Crippen molar-refractivity contribution in [1.29, 1.82) is 0 Å². The normalized spacial score (nSPS) is 22.5. The molecule has 0 saturated carbocycles. The molecule has 1 aromatic rings. The van der Waals surface area contributed by atoms with Gasteiger partial charge in [-0.25, -0.2) is 18.8 Å². The predicted octanol–water partition coefficient (Wildman–Crippen LogP) is -1.16. The van der Waals surface area contributed by atoms with E-state index in [0.29, 0.717) is 6.42 Å². The van der Waals surface area contributed by atoms with Crippen LogP contribution < -0.4 is 10.9 Å². The first-order valence-electron chi connectivity index (χ1n) is 5.21. The van der Waals surface area contributed by atoms with Crippen LogP contribution >= 0.6 is 0 Å². The standard InChI is InChI=1S/C9H14N4O3S/c1-13-4-3-10-8(13)9(14)12-11-7-2-5-17(15,16)6-7/h3-4,7,11H,2,5-6H2,1H3,(H,12,14). The average molecular weight is 258 g/mol. The molecule has 1 aliphatic rings. The first-order valence-corrected chi connectivity index (χ1v) is 7.04. The van der Waals surface area contributed by atoms with Crippen molar-refractivity contribution in [3.8, 4) is 0 Å². The molecule has 2 heterocycles. The molecule has 0 bridgehead atoms. The van der Waals surface area contributed by atoms with Crippen molar-refractivity contribution >= 4 is 15.7 Å². The first-order chi connectivity index (χ1) is 7.98. The molecular formula is C9H14N4O3S. The third-order valence-electron chi connectivity index (χ3n) is 2.65. The summed E-state index contributed by atoms with van der Waals surface area (Å²) >= 11 is 0. The smallest absolute Gasteiger partial charge is 0.301 e. The fraction of sp³-hybridized carbons (Fsp3) is 0.556. The molecule has 0 aliphatic carbocycles. The molecule has 1 aromatic heterocycles. The van der Waals surface area contributed by atoms with Crippen molar-refractivity contribution < 1.29 is 13.2 Å². The topological polar surface area (TPSA) is 93.1 Å². The Morgan fingerprint density at radius 1 is 1.59 bits per heavy atom. The number of sulfone groups is 1. The monoisotopic (exact) mass is 258 g/mol. The quantitative estimate of drug-likeness (QED) is 0.667. The lowest BCUT2D eigenvalue weighted by Gasteiger charge is -2.11. The summed E-state index contributed by atoms with van der Waals surface area (Å²) < 4.78 is 24.0. The van der Waals surface area contributed by atoms with Crippen molar-refractivity contribution in [2.75, 3.05) is 11.5 Å². The Kier molecular flexibility index (Phi) is 3.16. The van der Waals surface area contributed by atoms with Crippen LogP contribution in [0, 0.1) is 0 Å². The summed E-state index contributed by atoms with van der Waals surface area (Å²) in [6, 6.07) is -0.218. The molecule has 1 aliphatic heterocycles. The van der Waals surface area contributed by atoms with E-state index in [1.807, 2.05) is 0 Å². The van der Waals surface area contributed by atoms with Gasteiger partial charge in [-0.3, -0.25) is 10.2 Å². The van der Waals surface area contributed by atoms with Crippen molar-refractivity contribution in [1.82, 2.24) is 20.4 Å². The maximum atomic E-state index is 11.6. The highest BCUT2D eigenvalue weighted by Gasteiger charge is 2.28. The van der Waals surface area contributed by atoms with Gasteiger partial charge in [-0.15, -0.1) is 0 Å². The summed E-state index contributed by atoms with van der Waals surface area (Å²) in [5, 5.41) is 0. The number of nitrogens with zero attached hydrogens (tertiary/aromatic N) is 2. The Bertz CT molecular complexity index is 522. The molecule has 2 N–H and O–H groups in total. The van der Waals surface area contributed by atoms with Gasteiger partial charge >= 0.3 is 5.91 Å². The van der Waals surface area contributed by atoms with Crippen LogP contribution in [0.25, 0.3) is 0 Å². The van der Waals surface area contributed by atoms with E-state index in [2.05, 4.69) is 15.8 Å². The van der Waals surface area contributed by atoms with Gasteiger partial charge in [0, 0.05) is 25.5 Å². The Balaban J connectivity index is 1.88. The highest BCUT2D eigenvalue weighted by atomic mass is 32.2. The molecule has 17 heavy (non-hydrogen) atoms. The lowest BCUT2D eigenvalue weighted by atomic mass is 10.3. The third-order valence-corrected chi connectivity index (χ3v) is 4.41. The van der Waals surface area contributed by atoms with E-state index in [-0.39, 0.29) is 29.3 Å². The molecule has 1 unspecified atom stereocenters. The molecule has 8 heteroatoms. The lowest BCUT2D eigenvalue weighted by molar-refractivity contribution is 0.0913. The van der Waals surface area contributed by atoms with Crippen LogP contribution in [0.1, 0.15) is 17.0 Å². The third kappa shape index (κ3) is 2.83.